The summed E-state index contributed by atoms with van der Waals surface area (Å²) >= 11 is 3.53. The maximum atomic E-state index is 4.95. The molecule has 2 fully saturated rings. The third-order valence-electron chi connectivity index (χ3n) is 5.61. The summed E-state index contributed by atoms with van der Waals surface area (Å²) in [5.41, 5.74) is 4.62. The van der Waals surface area contributed by atoms with E-state index in [1.165, 1.54) is 24.1 Å². The summed E-state index contributed by atoms with van der Waals surface area (Å²) in [6.45, 7) is 3.19. The largest absolute Gasteiger partial charge is 0.314 e. The first-order valence-electron chi connectivity index (χ1n) is 8.98. The zero-order valence-electron chi connectivity index (χ0n) is 14.8. The van der Waals surface area contributed by atoms with Gasteiger partial charge < -0.3 is 9.72 Å². The number of pyridine rings is 1. The van der Waals surface area contributed by atoms with Gasteiger partial charge in [-0.2, -0.15) is 0 Å². The Kier molecular flexibility index (Phi) is 6.49. The maximum Gasteiger partial charge on any atom is 0.137 e. The van der Waals surface area contributed by atoms with E-state index in [2.05, 4.69) is 79.2 Å². The third kappa shape index (κ3) is 3.76. The molecule has 0 spiro atoms. The number of piperazine rings is 1. The highest BCUT2D eigenvalue weighted by Crippen LogP contribution is 2.32. The van der Waals surface area contributed by atoms with Crippen molar-refractivity contribution in [2.45, 2.75) is 31.5 Å². The number of fused-ring (bicyclic) bond motifs is 3. The molecular formula is C20H23BrCl2N4. The van der Waals surface area contributed by atoms with E-state index in [-0.39, 0.29) is 24.8 Å². The topological polar surface area (TPSA) is 32.6 Å². The van der Waals surface area contributed by atoms with Crippen LogP contribution in [0.2, 0.25) is 0 Å². The molecule has 0 aliphatic carbocycles. The van der Waals surface area contributed by atoms with Crippen LogP contribution >= 0.6 is 40.7 Å². The van der Waals surface area contributed by atoms with Crippen LogP contribution in [0.1, 0.15) is 18.5 Å². The lowest BCUT2D eigenvalue weighted by Gasteiger charge is -2.35. The van der Waals surface area contributed by atoms with Crippen molar-refractivity contribution in [3.63, 3.8) is 0 Å². The van der Waals surface area contributed by atoms with Gasteiger partial charge in [0.15, 0.2) is 0 Å². The second kappa shape index (κ2) is 8.50. The molecule has 2 saturated heterocycles. The molecule has 2 aliphatic heterocycles. The normalized spacial score (nSPS) is 21.7. The van der Waals surface area contributed by atoms with Gasteiger partial charge in [-0.3, -0.25) is 4.90 Å². The van der Waals surface area contributed by atoms with Crippen LogP contribution < -0.4 is 5.32 Å². The fourth-order valence-corrected chi connectivity index (χ4v) is 4.60. The lowest BCUT2D eigenvalue weighted by molar-refractivity contribution is 0.143. The molecule has 1 aromatic carbocycles. The summed E-state index contributed by atoms with van der Waals surface area (Å²) in [7, 11) is 0. The first-order chi connectivity index (χ1) is 12.3. The van der Waals surface area contributed by atoms with Gasteiger partial charge in [-0.25, -0.2) is 4.98 Å². The van der Waals surface area contributed by atoms with Crippen LogP contribution in [0.4, 0.5) is 0 Å². The lowest BCUT2D eigenvalue weighted by atomic mass is 10.1. The second-order valence-electron chi connectivity index (χ2n) is 7.06. The van der Waals surface area contributed by atoms with Crippen LogP contribution in [0.15, 0.2) is 53.1 Å². The van der Waals surface area contributed by atoms with Crippen molar-refractivity contribution < 1.29 is 0 Å². The van der Waals surface area contributed by atoms with Crippen molar-refractivity contribution in [3.8, 4) is 11.3 Å². The van der Waals surface area contributed by atoms with Crippen LogP contribution in [-0.2, 0) is 6.54 Å². The van der Waals surface area contributed by atoms with E-state index in [0.29, 0.717) is 12.1 Å². The van der Waals surface area contributed by atoms with E-state index in [1.807, 2.05) is 0 Å². The standard InChI is InChI=1S/C20H21BrN4.2ClH/c21-15-6-4-14(5-7-15)20-18(24-10-2-1-3-19(24)23-20)13-25-16-8-9-17(25)12-22-11-16;;/h1-7,10,16-17,22H,8-9,11-13H2;2*1H. The number of aromatic nitrogens is 2. The zero-order chi connectivity index (χ0) is 16.8. The predicted octanol–water partition coefficient (Wildman–Crippen LogP) is 4.54. The maximum absolute atomic E-state index is 4.95. The summed E-state index contributed by atoms with van der Waals surface area (Å²) < 4.78 is 3.36. The van der Waals surface area contributed by atoms with Gasteiger partial charge in [-0.05, 0) is 37.1 Å². The molecule has 1 N–H and O–H groups in total. The molecule has 2 unspecified atom stereocenters. The highest BCUT2D eigenvalue weighted by molar-refractivity contribution is 9.10. The van der Waals surface area contributed by atoms with Gasteiger partial charge in [-0.1, -0.05) is 34.1 Å². The van der Waals surface area contributed by atoms with Crippen molar-refractivity contribution in [1.29, 1.82) is 0 Å². The van der Waals surface area contributed by atoms with Crippen molar-refractivity contribution >= 4 is 46.4 Å². The minimum atomic E-state index is 0. The summed E-state index contributed by atoms with van der Waals surface area (Å²) in [6, 6.07) is 16.1. The van der Waals surface area contributed by atoms with Gasteiger partial charge in [0, 0.05) is 48.0 Å². The Morgan fingerprint density at radius 3 is 2.41 bits per heavy atom. The van der Waals surface area contributed by atoms with E-state index < -0.39 is 0 Å². The number of halogens is 3. The first-order valence-corrected chi connectivity index (χ1v) is 9.77. The van der Waals surface area contributed by atoms with Crippen molar-refractivity contribution in [3.05, 3.63) is 58.8 Å². The fraction of sp³-hybridized carbons (Fsp3) is 0.350. The van der Waals surface area contributed by atoms with Gasteiger partial charge in [0.25, 0.3) is 0 Å². The zero-order valence-corrected chi connectivity index (χ0v) is 18.1. The molecule has 5 rings (SSSR count). The predicted molar refractivity (Wildman–Crippen MR) is 118 cm³/mol. The van der Waals surface area contributed by atoms with E-state index in [9.17, 15) is 0 Å². The Bertz CT molecular complexity index is 896. The number of nitrogens with one attached hydrogen (secondary N) is 1. The average Bonchev–Trinajstić information content (AvgIpc) is 3.09. The summed E-state index contributed by atoms with van der Waals surface area (Å²) in [6.07, 6.45) is 4.76. The van der Waals surface area contributed by atoms with Crippen molar-refractivity contribution in [1.82, 2.24) is 19.6 Å². The number of nitrogens with zero attached hydrogens (tertiary/aromatic N) is 3. The number of rotatable bonds is 3. The minimum absolute atomic E-state index is 0. The third-order valence-corrected chi connectivity index (χ3v) is 6.14. The molecule has 2 aromatic heterocycles. The van der Waals surface area contributed by atoms with E-state index in [1.54, 1.807) is 0 Å². The van der Waals surface area contributed by atoms with Crippen molar-refractivity contribution in [2.75, 3.05) is 13.1 Å². The summed E-state index contributed by atoms with van der Waals surface area (Å²) in [4.78, 5) is 7.64. The molecule has 27 heavy (non-hydrogen) atoms. The molecule has 2 bridgehead atoms. The van der Waals surface area contributed by atoms with Gasteiger partial charge >= 0.3 is 0 Å². The molecule has 0 amide bonds. The second-order valence-corrected chi connectivity index (χ2v) is 7.97. The van der Waals surface area contributed by atoms with Crippen LogP contribution in [0.3, 0.4) is 0 Å². The van der Waals surface area contributed by atoms with Gasteiger partial charge in [-0.15, -0.1) is 24.8 Å². The Labute approximate surface area is 180 Å². The summed E-state index contributed by atoms with van der Waals surface area (Å²) in [5.74, 6) is 0. The van der Waals surface area contributed by atoms with Gasteiger partial charge in [0.1, 0.15) is 5.65 Å². The van der Waals surface area contributed by atoms with Crippen LogP contribution in [0, 0.1) is 0 Å². The molecule has 2 aliphatic rings. The molecule has 3 aromatic rings. The Morgan fingerprint density at radius 2 is 1.70 bits per heavy atom. The molecular weight excluding hydrogens is 447 g/mol. The number of benzene rings is 1. The molecule has 144 valence electrons. The Balaban J connectivity index is 0.00000105. The SMILES string of the molecule is Brc1ccc(-c2nc3ccccn3c2CN2C3CCC2CNC3)cc1.Cl.Cl. The molecule has 0 saturated carbocycles. The Hall–Kier alpha value is -1.11. The van der Waals surface area contributed by atoms with Gasteiger partial charge in [0.2, 0.25) is 0 Å². The van der Waals surface area contributed by atoms with Crippen LogP contribution in [-0.4, -0.2) is 39.5 Å². The molecule has 4 heterocycles. The molecule has 2 atom stereocenters. The monoisotopic (exact) mass is 468 g/mol. The lowest BCUT2D eigenvalue weighted by Crippen LogP contribution is -2.51. The highest BCUT2D eigenvalue weighted by atomic mass is 79.9. The van der Waals surface area contributed by atoms with Crippen LogP contribution in [0.5, 0.6) is 0 Å². The van der Waals surface area contributed by atoms with Gasteiger partial charge in [0.05, 0.1) is 11.4 Å². The van der Waals surface area contributed by atoms with E-state index >= 15 is 0 Å². The van der Waals surface area contributed by atoms with Crippen molar-refractivity contribution in [2.24, 2.45) is 0 Å². The average molecular weight is 470 g/mol. The quantitative estimate of drug-likeness (QED) is 0.610. The van der Waals surface area contributed by atoms with Crippen LogP contribution in [0.25, 0.3) is 16.9 Å². The Morgan fingerprint density at radius 1 is 1.00 bits per heavy atom. The minimum Gasteiger partial charge on any atom is -0.314 e. The van der Waals surface area contributed by atoms with E-state index in [4.69, 9.17) is 4.98 Å². The first kappa shape index (κ1) is 20.6. The molecule has 4 nitrogen and oxygen atoms in total. The molecule has 0 radical (unpaired) electrons. The number of hydrogen-bond donors (Lipinski definition) is 1. The fourth-order valence-electron chi connectivity index (χ4n) is 4.34. The molecule has 7 heteroatoms. The number of hydrogen-bond acceptors (Lipinski definition) is 3. The smallest absolute Gasteiger partial charge is 0.137 e. The number of imidazole rings is 1. The highest BCUT2D eigenvalue weighted by Gasteiger charge is 2.37. The van der Waals surface area contributed by atoms with E-state index in [0.717, 1.165) is 35.4 Å². The summed E-state index contributed by atoms with van der Waals surface area (Å²) in [5, 5.41) is 3.58.